The number of hydrogen-bond donors (Lipinski definition) is 7. The van der Waals surface area contributed by atoms with Gasteiger partial charge in [0.25, 0.3) is 17.3 Å². The van der Waals surface area contributed by atoms with Crippen molar-refractivity contribution in [2.75, 3.05) is 0 Å². The summed E-state index contributed by atoms with van der Waals surface area (Å²) in [5, 5.41) is 13.4. The van der Waals surface area contributed by atoms with Crippen molar-refractivity contribution in [3.8, 4) is 0 Å². The van der Waals surface area contributed by atoms with Gasteiger partial charge in [0, 0.05) is 0 Å². The molecule has 0 saturated carbocycles. The summed E-state index contributed by atoms with van der Waals surface area (Å²) < 4.78 is 0. The van der Waals surface area contributed by atoms with E-state index in [1.54, 1.807) is 0 Å². The smallest absolute Gasteiger partial charge is 0.327 e. The molecule has 2 aliphatic heterocycles. The van der Waals surface area contributed by atoms with Crippen LogP contribution in [0.15, 0.2) is 24.4 Å². The van der Waals surface area contributed by atoms with Crippen LogP contribution in [0.2, 0.25) is 0 Å². The molecule has 24 heavy (non-hydrogen) atoms. The molecule has 1 unspecified atom stereocenters. The van der Waals surface area contributed by atoms with E-state index >= 15 is 0 Å². The molecule has 1 atom stereocenters. The number of aromatic nitrogens is 4. The fraction of sp³-hybridized carbons (Fsp3) is 0.100. The number of imide groups is 1. The summed E-state index contributed by atoms with van der Waals surface area (Å²) in [6, 6.07) is -0.791. The second-order valence-electron chi connectivity index (χ2n) is 4.54. The fourth-order valence-electron chi connectivity index (χ4n) is 1.94. The number of amides is 3. The predicted molar refractivity (Wildman–Crippen MR) is 77.7 cm³/mol. The number of imidazole rings is 1. The van der Waals surface area contributed by atoms with Crippen molar-refractivity contribution in [1.82, 2.24) is 30.6 Å². The zero-order valence-corrected chi connectivity index (χ0v) is 11.5. The molecular weight excluding hydrogens is 328 g/mol. The average Bonchev–Trinajstić information content (AvgIpc) is 3.01. The number of aliphatic hydroxyl groups is 1. The van der Waals surface area contributed by atoms with Crippen molar-refractivity contribution in [3.05, 3.63) is 31.3 Å². The Morgan fingerprint density at radius 3 is 2.33 bits per heavy atom. The van der Waals surface area contributed by atoms with Gasteiger partial charge in [0.05, 0.1) is 0 Å². The van der Waals surface area contributed by atoms with Gasteiger partial charge in [-0.05, 0) is 0 Å². The largest absolute Gasteiger partial charge is 0.347 e. The highest BCUT2D eigenvalue weighted by Crippen LogP contribution is 2.13. The van der Waals surface area contributed by atoms with Crippen LogP contribution >= 0.6 is 0 Å². The Kier molecular flexibility index (Phi) is 3.23. The Morgan fingerprint density at radius 1 is 0.958 bits per heavy atom. The first-order chi connectivity index (χ1) is 11.3. The van der Waals surface area contributed by atoms with Gasteiger partial charge in [-0.2, -0.15) is 0 Å². The number of rotatable bonds is 0. The van der Waals surface area contributed by atoms with Crippen molar-refractivity contribution in [2.45, 2.75) is 5.85 Å². The number of carbonyl (C=O) groups excluding carboxylic acids is 2. The van der Waals surface area contributed by atoms with E-state index in [-0.39, 0.29) is 16.9 Å². The van der Waals surface area contributed by atoms with E-state index in [0.717, 1.165) is 6.34 Å². The zero-order chi connectivity index (χ0) is 17.5. The molecular formula is C10H8N8O6. The van der Waals surface area contributed by atoms with Gasteiger partial charge in [-0.1, -0.05) is 0 Å². The van der Waals surface area contributed by atoms with Gasteiger partial charge in [-0.3, -0.25) is 40.2 Å². The van der Waals surface area contributed by atoms with E-state index in [9.17, 15) is 29.1 Å². The monoisotopic (exact) mass is 336 g/mol. The number of aromatic amines is 4. The minimum atomic E-state index is -1.96. The summed E-state index contributed by atoms with van der Waals surface area (Å²) >= 11 is 0. The van der Waals surface area contributed by atoms with Crippen molar-refractivity contribution in [2.24, 2.45) is 9.98 Å². The number of carbonyl (C=O) groups is 2. The standard InChI is InChI=1S/2C5H4N4O3/c10-3-2-5(12,7-1-6-2)9-4(11)8-3;10-3-1-2(7-4(11)6-1)8-5(12)9-3/h1,12H,(H2,8,9,10,11);(H4,6,7,8,9,10,11,12). The lowest BCUT2D eigenvalue weighted by atomic mass is 10.2. The molecule has 4 heterocycles. The van der Waals surface area contributed by atoms with Crippen LogP contribution in [0.1, 0.15) is 0 Å². The van der Waals surface area contributed by atoms with Crippen LogP contribution in [0.4, 0.5) is 4.79 Å². The molecule has 0 radical (unpaired) electrons. The SMILES string of the molecule is O=C1NC(=O)C2=NC=NC2(O)N1.O=c1[nH]c(=O)c2[nH]c(=O)[nH]c2[nH]1. The number of fused-ring (bicyclic) bond motifs is 2. The number of nitrogens with zero attached hydrogens (tertiary/aromatic N) is 2. The third-order valence-electron chi connectivity index (χ3n) is 2.91. The highest BCUT2D eigenvalue weighted by Gasteiger charge is 2.46. The normalized spacial score (nSPS) is 21.5. The maximum atomic E-state index is 10.9. The Morgan fingerprint density at radius 2 is 1.62 bits per heavy atom. The molecule has 4 rings (SSSR count). The molecule has 1 fully saturated rings. The number of aliphatic imine (C=N–C) groups is 2. The summed E-state index contributed by atoms with van der Waals surface area (Å²) in [5.74, 6) is -2.70. The van der Waals surface area contributed by atoms with Gasteiger partial charge >= 0.3 is 17.4 Å². The highest BCUT2D eigenvalue weighted by atomic mass is 16.3. The van der Waals surface area contributed by atoms with Gasteiger partial charge in [-0.25, -0.2) is 24.4 Å². The molecule has 14 heteroatoms. The van der Waals surface area contributed by atoms with Crippen LogP contribution in [0.3, 0.4) is 0 Å². The van der Waals surface area contributed by atoms with Crippen LogP contribution < -0.4 is 27.6 Å². The van der Waals surface area contributed by atoms with E-state index in [4.69, 9.17) is 0 Å². The minimum Gasteiger partial charge on any atom is -0.347 e. The topological polar surface area (TPSA) is 218 Å². The first-order valence-corrected chi connectivity index (χ1v) is 6.21. The van der Waals surface area contributed by atoms with Crippen molar-refractivity contribution < 1.29 is 14.7 Å². The second-order valence-corrected chi connectivity index (χ2v) is 4.54. The predicted octanol–water partition coefficient (Wildman–Crippen LogP) is -3.81. The van der Waals surface area contributed by atoms with Crippen molar-refractivity contribution >= 4 is 35.2 Å². The van der Waals surface area contributed by atoms with E-state index in [1.807, 2.05) is 15.6 Å². The molecule has 0 aromatic carbocycles. The molecule has 1 saturated heterocycles. The number of urea groups is 1. The second kappa shape index (κ2) is 5.13. The van der Waals surface area contributed by atoms with Gasteiger partial charge in [-0.15, -0.1) is 0 Å². The van der Waals surface area contributed by atoms with Crippen LogP contribution in [0, 0.1) is 0 Å². The van der Waals surface area contributed by atoms with Crippen LogP contribution in [0.25, 0.3) is 11.2 Å². The molecule has 124 valence electrons. The van der Waals surface area contributed by atoms with E-state index < -0.39 is 34.7 Å². The van der Waals surface area contributed by atoms with Gasteiger partial charge in [0.1, 0.15) is 17.5 Å². The van der Waals surface area contributed by atoms with E-state index in [0.29, 0.717) is 0 Å². The first-order valence-electron chi connectivity index (χ1n) is 6.21. The third kappa shape index (κ3) is 2.52. The molecule has 0 aliphatic carbocycles. The number of H-pyrrole nitrogens is 4. The van der Waals surface area contributed by atoms with E-state index in [1.165, 1.54) is 0 Å². The minimum absolute atomic E-state index is 0.0413. The average molecular weight is 336 g/mol. The van der Waals surface area contributed by atoms with E-state index in [2.05, 4.69) is 24.9 Å². The molecule has 0 spiro atoms. The highest BCUT2D eigenvalue weighted by molar-refractivity contribution is 6.47. The van der Waals surface area contributed by atoms with Gasteiger partial charge in [0.2, 0.25) is 0 Å². The first kappa shape index (κ1) is 15.1. The Hall–Kier alpha value is -3.81. The summed E-state index contributed by atoms with van der Waals surface area (Å²) in [6.45, 7) is 0. The number of nitrogens with one attached hydrogen (secondary N) is 6. The molecule has 2 aromatic heterocycles. The number of hydrogen-bond acceptors (Lipinski definition) is 8. The lowest BCUT2D eigenvalue weighted by molar-refractivity contribution is -0.115. The molecule has 7 N–H and O–H groups in total. The fourth-order valence-corrected chi connectivity index (χ4v) is 1.94. The van der Waals surface area contributed by atoms with Gasteiger partial charge < -0.3 is 5.11 Å². The van der Waals surface area contributed by atoms with Crippen molar-refractivity contribution in [3.63, 3.8) is 0 Å². The Bertz CT molecular complexity index is 1080. The summed E-state index contributed by atoms with van der Waals surface area (Å²) in [6.07, 6.45) is 1.01. The molecule has 2 aliphatic rings. The lowest BCUT2D eigenvalue weighted by Crippen LogP contribution is -2.65. The van der Waals surface area contributed by atoms with Crippen LogP contribution in [-0.2, 0) is 4.79 Å². The molecule has 2 aromatic rings. The summed E-state index contributed by atoms with van der Waals surface area (Å²) in [5.41, 5.74) is -1.87. The summed E-state index contributed by atoms with van der Waals surface area (Å²) in [4.78, 5) is 69.5. The molecule has 0 bridgehead atoms. The zero-order valence-electron chi connectivity index (χ0n) is 11.5. The van der Waals surface area contributed by atoms with Gasteiger partial charge in [0.15, 0.2) is 5.71 Å². The maximum Gasteiger partial charge on any atom is 0.327 e. The Labute approximate surface area is 128 Å². The van der Waals surface area contributed by atoms with Crippen molar-refractivity contribution in [1.29, 1.82) is 0 Å². The van der Waals surface area contributed by atoms with Crippen LogP contribution in [-0.4, -0.2) is 54.9 Å². The molecule has 3 amide bonds. The van der Waals surface area contributed by atoms with Crippen LogP contribution in [0.5, 0.6) is 0 Å². The lowest BCUT2D eigenvalue weighted by Gasteiger charge is -2.26. The Balaban J connectivity index is 0.000000141. The maximum absolute atomic E-state index is 10.9. The summed E-state index contributed by atoms with van der Waals surface area (Å²) in [7, 11) is 0. The molecule has 14 nitrogen and oxygen atoms in total. The third-order valence-corrected chi connectivity index (χ3v) is 2.91. The quantitative estimate of drug-likeness (QED) is 0.255.